The van der Waals surface area contributed by atoms with Gasteiger partial charge >= 0.3 is 0 Å². The van der Waals surface area contributed by atoms with Crippen molar-refractivity contribution in [3.8, 4) is 5.75 Å². The Morgan fingerprint density at radius 2 is 2.27 bits per heavy atom. The Hall–Kier alpha value is -1.72. The van der Waals surface area contributed by atoms with Gasteiger partial charge in [-0.15, -0.1) is 0 Å². The van der Waals surface area contributed by atoms with Gasteiger partial charge in [-0.1, -0.05) is 11.6 Å². The molecule has 6 heteroatoms. The van der Waals surface area contributed by atoms with Crippen LogP contribution >= 0.6 is 11.6 Å². The summed E-state index contributed by atoms with van der Waals surface area (Å²) in [5, 5.41) is 3.30. The topological polar surface area (TPSA) is 50.8 Å². The second-order valence-corrected chi connectivity index (χ2v) is 5.78. The largest absolute Gasteiger partial charge is 0.501 e. The van der Waals surface area contributed by atoms with Gasteiger partial charge in [0.2, 0.25) is 0 Å². The van der Waals surface area contributed by atoms with Gasteiger partial charge in [-0.25, -0.2) is 0 Å². The number of rotatable bonds is 6. The molecule has 1 aromatic rings. The summed E-state index contributed by atoms with van der Waals surface area (Å²) in [5.74, 6) is 0.457. The molecule has 120 valence electrons. The second kappa shape index (κ2) is 8.06. The van der Waals surface area contributed by atoms with Crippen molar-refractivity contribution in [3.05, 3.63) is 35.1 Å². The molecule has 0 saturated heterocycles. The number of carbonyl (C=O) groups is 1. The first kappa shape index (κ1) is 16.6. The number of halogens is 1. The summed E-state index contributed by atoms with van der Waals surface area (Å²) in [6.07, 6.45) is 3.11. The average molecular weight is 325 g/mol. The minimum absolute atomic E-state index is 0.156. The molecular weight excluding hydrogens is 304 g/mol. The lowest BCUT2D eigenvalue weighted by molar-refractivity contribution is -0.113. The molecule has 1 N–H and O–H groups in total. The standard InChI is InChI=1S/C16H21ClN2O3/c1-19(2)7-9-22-15-6-5-13(10-14(15)17)18-16(20)12-4-3-8-21-11-12/h5-6,10-11H,3-4,7-9H2,1-2H3,(H,18,20). The highest BCUT2D eigenvalue weighted by Crippen LogP contribution is 2.28. The highest BCUT2D eigenvalue weighted by atomic mass is 35.5. The molecule has 0 atom stereocenters. The molecule has 1 heterocycles. The van der Waals surface area contributed by atoms with E-state index in [4.69, 9.17) is 21.1 Å². The molecule has 5 nitrogen and oxygen atoms in total. The van der Waals surface area contributed by atoms with Crippen molar-refractivity contribution in [2.75, 3.05) is 39.2 Å². The fourth-order valence-corrected chi connectivity index (χ4v) is 2.21. The summed E-state index contributed by atoms with van der Waals surface area (Å²) in [4.78, 5) is 14.1. The molecule has 1 amide bonds. The maximum atomic E-state index is 12.1. The maximum Gasteiger partial charge on any atom is 0.254 e. The van der Waals surface area contributed by atoms with E-state index >= 15 is 0 Å². The number of nitrogens with one attached hydrogen (secondary N) is 1. The molecule has 22 heavy (non-hydrogen) atoms. The highest BCUT2D eigenvalue weighted by Gasteiger charge is 2.14. The zero-order chi connectivity index (χ0) is 15.9. The van der Waals surface area contributed by atoms with Crippen LogP contribution in [-0.2, 0) is 9.53 Å². The van der Waals surface area contributed by atoms with Crippen molar-refractivity contribution in [2.45, 2.75) is 12.8 Å². The molecule has 1 aromatic carbocycles. The Balaban J connectivity index is 1.94. The first-order valence-electron chi connectivity index (χ1n) is 7.25. The predicted molar refractivity (Wildman–Crippen MR) is 87.4 cm³/mol. The van der Waals surface area contributed by atoms with Gasteiger partial charge in [-0.05, 0) is 45.1 Å². The predicted octanol–water partition coefficient (Wildman–Crippen LogP) is 2.91. The number of carbonyl (C=O) groups excluding carboxylic acids is 1. The van der Waals surface area contributed by atoms with Gasteiger partial charge in [-0.3, -0.25) is 4.79 Å². The van der Waals surface area contributed by atoms with Crippen LogP contribution in [0.5, 0.6) is 5.75 Å². The third-order valence-corrected chi connectivity index (χ3v) is 3.51. The second-order valence-electron chi connectivity index (χ2n) is 5.37. The van der Waals surface area contributed by atoms with E-state index in [-0.39, 0.29) is 5.91 Å². The number of anilines is 1. The molecule has 0 aliphatic carbocycles. The third kappa shape index (κ3) is 4.93. The van der Waals surface area contributed by atoms with Crippen molar-refractivity contribution < 1.29 is 14.3 Å². The molecule has 0 radical (unpaired) electrons. The van der Waals surface area contributed by atoms with Crippen LogP contribution in [0.1, 0.15) is 12.8 Å². The van der Waals surface area contributed by atoms with Crippen LogP contribution in [0.25, 0.3) is 0 Å². The van der Waals surface area contributed by atoms with Gasteiger partial charge in [0.25, 0.3) is 5.91 Å². The van der Waals surface area contributed by atoms with E-state index in [9.17, 15) is 4.79 Å². The molecule has 0 aromatic heterocycles. The van der Waals surface area contributed by atoms with Crippen LogP contribution in [0.2, 0.25) is 5.02 Å². The monoisotopic (exact) mass is 324 g/mol. The van der Waals surface area contributed by atoms with Crippen molar-refractivity contribution in [1.29, 1.82) is 0 Å². The quantitative estimate of drug-likeness (QED) is 0.874. The minimum atomic E-state index is -0.156. The number of hydrogen-bond acceptors (Lipinski definition) is 4. The fraction of sp³-hybridized carbons (Fsp3) is 0.438. The van der Waals surface area contributed by atoms with Crippen LogP contribution in [0.3, 0.4) is 0 Å². The summed E-state index contributed by atoms with van der Waals surface area (Å²) in [6.45, 7) is 2.03. The smallest absolute Gasteiger partial charge is 0.254 e. The number of likely N-dealkylation sites (N-methyl/N-ethyl adjacent to an activating group) is 1. The summed E-state index contributed by atoms with van der Waals surface area (Å²) in [6, 6.07) is 5.23. The molecular formula is C16H21ClN2O3. The molecule has 0 saturated carbocycles. The van der Waals surface area contributed by atoms with Crippen LogP contribution in [0.4, 0.5) is 5.69 Å². The molecule has 1 aliphatic rings. The van der Waals surface area contributed by atoms with Gasteiger partial charge in [0, 0.05) is 12.2 Å². The van der Waals surface area contributed by atoms with Crippen molar-refractivity contribution >= 4 is 23.2 Å². The van der Waals surface area contributed by atoms with E-state index in [0.717, 1.165) is 19.4 Å². The first-order chi connectivity index (χ1) is 10.6. The van der Waals surface area contributed by atoms with Crippen LogP contribution in [-0.4, -0.2) is 44.7 Å². The minimum Gasteiger partial charge on any atom is -0.501 e. The average Bonchev–Trinajstić information content (AvgIpc) is 2.50. The van der Waals surface area contributed by atoms with Crippen LogP contribution < -0.4 is 10.1 Å². The fourth-order valence-electron chi connectivity index (χ4n) is 1.98. The zero-order valence-electron chi connectivity index (χ0n) is 12.9. The van der Waals surface area contributed by atoms with E-state index < -0.39 is 0 Å². The van der Waals surface area contributed by atoms with Crippen LogP contribution in [0, 0.1) is 0 Å². The summed E-state index contributed by atoms with van der Waals surface area (Å²) >= 11 is 6.18. The van der Waals surface area contributed by atoms with Crippen molar-refractivity contribution in [2.24, 2.45) is 0 Å². The molecule has 0 fully saturated rings. The molecule has 0 spiro atoms. The summed E-state index contributed by atoms with van der Waals surface area (Å²) in [5.41, 5.74) is 1.29. The molecule has 1 aliphatic heterocycles. The lowest BCUT2D eigenvalue weighted by atomic mass is 10.1. The Kier molecular flexibility index (Phi) is 6.10. The Morgan fingerprint density at radius 1 is 1.45 bits per heavy atom. The third-order valence-electron chi connectivity index (χ3n) is 3.21. The molecule has 0 unspecified atom stereocenters. The van der Waals surface area contributed by atoms with E-state index in [1.807, 2.05) is 19.0 Å². The van der Waals surface area contributed by atoms with Gasteiger partial charge in [0.15, 0.2) is 0 Å². The number of amides is 1. The Morgan fingerprint density at radius 3 is 2.91 bits per heavy atom. The number of benzene rings is 1. The highest BCUT2D eigenvalue weighted by molar-refractivity contribution is 6.32. The lowest BCUT2D eigenvalue weighted by Gasteiger charge is -2.15. The van der Waals surface area contributed by atoms with E-state index in [1.165, 1.54) is 6.26 Å². The van der Waals surface area contributed by atoms with E-state index in [2.05, 4.69) is 5.32 Å². The summed E-state index contributed by atoms with van der Waals surface area (Å²) in [7, 11) is 3.96. The number of nitrogens with zero attached hydrogens (tertiary/aromatic N) is 1. The van der Waals surface area contributed by atoms with Gasteiger partial charge in [0.1, 0.15) is 12.4 Å². The Bertz CT molecular complexity index is 558. The normalized spacial score (nSPS) is 14.3. The number of ether oxygens (including phenoxy) is 2. The van der Waals surface area contributed by atoms with Crippen molar-refractivity contribution in [1.82, 2.24) is 4.90 Å². The molecule has 0 bridgehead atoms. The summed E-state index contributed by atoms with van der Waals surface area (Å²) < 4.78 is 10.8. The maximum absolute atomic E-state index is 12.1. The Labute approximate surface area is 135 Å². The van der Waals surface area contributed by atoms with E-state index in [0.29, 0.717) is 35.2 Å². The zero-order valence-corrected chi connectivity index (χ0v) is 13.7. The van der Waals surface area contributed by atoms with Gasteiger partial charge in [0.05, 0.1) is 23.5 Å². The lowest BCUT2D eigenvalue weighted by Crippen LogP contribution is -2.19. The molecule has 2 rings (SSSR count). The van der Waals surface area contributed by atoms with Gasteiger partial charge in [-0.2, -0.15) is 0 Å². The SMILES string of the molecule is CN(C)CCOc1ccc(NC(=O)C2=COCCC2)cc1Cl. The van der Waals surface area contributed by atoms with E-state index in [1.54, 1.807) is 18.2 Å². The van der Waals surface area contributed by atoms with Gasteiger partial charge < -0.3 is 19.7 Å². The van der Waals surface area contributed by atoms with Crippen LogP contribution in [0.15, 0.2) is 30.0 Å². The van der Waals surface area contributed by atoms with Crippen molar-refractivity contribution in [3.63, 3.8) is 0 Å². The number of hydrogen-bond donors (Lipinski definition) is 1. The first-order valence-corrected chi connectivity index (χ1v) is 7.63.